The van der Waals surface area contributed by atoms with E-state index in [4.69, 9.17) is 11.6 Å². The molecule has 1 unspecified atom stereocenters. The third-order valence-corrected chi connectivity index (χ3v) is 7.23. The molecular formula is C24H23BrClN3O5. The van der Waals surface area contributed by atoms with E-state index in [1.165, 1.54) is 17.0 Å². The summed E-state index contributed by atoms with van der Waals surface area (Å²) in [5, 5.41) is 11.3. The van der Waals surface area contributed by atoms with Gasteiger partial charge in [-0.1, -0.05) is 53.2 Å². The Morgan fingerprint density at radius 1 is 1.06 bits per heavy atom. The largest absolute Gasteiger partial charge is 0.323 e. The third kappa shape index (κ3) is 4.86. The molecule has 10 heteroatoms. The minimum atomic E-state index is -0.971. The molecule has 2 aromatic carbocycles. The van der Waals surface area contributed by atoms with E-state index in [-0.39, 0.29) is 34.6 Å². The highest BCUT2D eigenvalue weighted by Gasteiger charge is 2.46. The topological polar surface area (TPSA) is 101 Å². The van der Waals surface area contributed by atoms with Gasteiger partial charge in [-0.15, -0.1) is 0 Å². The normalized spacial score (nSPS) is 19.2. The second-order valence-corrected chi connectivity index (χ2v) is 9.87. The van der Waals surface area contributed by atoms with Crippen LogP contribution in [-0.2, 0) is 9.59 Å². The molecule has 1 aliphatic carbocycles. The average molecular weight is 549 g/mol. The van der Waals surface area contributed by atoms with E-state index in [9.17, 15) is 24.5 Å². The molecule has 34 heavy (non-hydrogen) atoms. The standard InChI is InChI=1S/C24H23BrClN3O5/c25-16-8-10-18(11-9-16)28-22(30)14-21(24(28)32)27(17-5-3-1-2-4-6-17)23(31)15-7-12-19(26)20(13-15)29(33)34/h7-13,17,21H,1-6,14H2. The van der Waals surface area contributed by atoms with Gasteiger partial charge in [0, 0.05) is 22.1 Å². The number of nitrogens with zero attached hydrogens (tertiary/aromatic N) is 3. The molecule has 0 spiro atoms. The zero-order valence-corrected chi connectivity index (χ0v) is 20.6. The number of imide groups is 1. The lowest BCUT2D eigenvalue weighted by atomic mass is 10.0. The van der Waals surface area contributed by atoms with E-state index in [1.807, 2.05) is 0 Å². The van der Waals surface area contributed by atoms with Gasteiger partial charge in [0.1, 0.15) is 11.1 Å². The predicted octanol–water partition coefficient (Wildman–Crippen LogP) is 5.51. The maximum absolute atomic E-state index is 13.7. The van der Waals surface area contributed by atoms with Crippen molar-refractivity contribution < 1.29 is 19.3 Å². The molecule has 2 aliphatic rings. The second-order valence-electron chi connectivity index (χ2n) is 8.54. The number of nitro benzene ring substituents is 1. The molecule has 0 aromatic heterocycles. The highest BCUT2D eigenvalue weighted by Crippen LogP contribution is 2.33. The molecule has 178 valence electrons. The Hall–Kier alpha value is -2.78. The fraction of sp³-hybridized carbons (Fsp3) is 0.375. The minimum Gasteiger partial charge on any atom is -0.323 e. The Bertz CT molecular complexity index is 1130. The number of carbonyl (C=O) groups is 3. The fourth-order valence-electron chi connectivity index (χ4n) is 4.73. The van der Waals surface area contributed by atoms with Gasteiger partial charge in [0.15, 0.2) is 0 Å². The van der Waals surface area contributed by atoms with Gasteiger partial charge < -0.3 is 4.90 Å². The van der Waals surface area contributed by atoms with Crippen LogP contribution >= 0.6 is 27.5 Å². The van der Waals surface area contributed by atoms with Gasteiger partial charge in [-0.3, -0.25) is 24.5 Å². The zero-order chi connectivity index (χ0) is 24.4. The van der Waals surface area contributed by atoms with Crippen molar-refractivity contribution in [1.29, 1.82) is 0 Å². The summed E-state index contributed by atoms with van der Waals surface area (Å²) in [4.78, 5) is 53.5. The fourth-order valence-corrected chi connectivity index (χ4v) is 5.18. The number of hydrogen-bond acceptors (Lipinski definition) is 5. The third-order valence-electron chi connectivity index (χ3n) is 6.39. The molecule has 8 nitrogen and oxygen atoms in total. The van der Waals surface area contributed by atoms with Gasteiger partial charge in [0.25, 0.3) is 17.5 Å². The van der Waals surface area contributed by atoms with Crippen molar-refractivity contribution in [1.82, 2.24) is 4.90 Å². The first kappa shape index (κ1) is 24.3. The van der Waals surface area contributed by atoms with Crippen molar-refractivity contribution >= 4 is 56.6 Å². The van der Waals surface area contributed by atoms with Crippen LogP contribution in [0.5, 0.6) is 0 Å². The van der Waals surface area contributed by atoms with Crippen LogP contribution in [0.4, 0.5) is 11.4 Å². The van der Waals surface area contributed by atoms with Crippen LogP contribution < -0.4 is 4.90 Å². The molecule has 2 fully saturated rings. The molecule has 0 radical (unpaired) electrons. The number of rotatable bonds is 5. The smallest absolute Gasteiger partial charge is 0.288 e. The van der Waals surface area contributed by atoms with Crippen LogP contribution in [0.3, 0.4) is 0 Å². The van der Waals surface area contributed by atoms with Crippen molar-refractivity contribution in [3.63, 3.8) is 0 Å². The van der Waals surface area contributed by atoms with Crippen LogP contribution in [0.25, 0.3) is 0 Å². The van der Waals surface area contributed by atoms with Crippen LogP contribution in [0, 0.1) is 10.1 Å². The van der Waals surface area contributed by atoms with E-state index in [1.54, 1.807) is 24.3 Å². The number of benzene rings is 2. The Balaban J connectivity index is 1.72. The number of nitro groups is 1. The van der Waals surface area contributed by atoms with Crippen molar-refractivity contribution in [2.75, 3.05) is 4.90 Å². The number of hydrogen-bond donors (Lipinski definition) is 0. The molecule has 1 saturated carbocycles. The first-order valence-corrected chi connectivity index (χ1v) is 12.3. The summed E-state index contributed by atoms with van der Waals surface area (Å²) in [5.41, 5.74) is 0.137. The van der Waals surface area contributed by atoms with E-state index in [0.717, 1.165) is 41.1 Å². The Kier molecular flexibility index (Phi) is 7.33. The highest BCUT2D eigenvalue weighted by molar-refractivity contribution is 9.10. The van der Waals surface area contributed by atoms with Gasteiger partial charge >= 0.3 is 0 Å². The minimum absolute atomic E-state index is 0.0719. The Labute approximate surface area is 210 Å². The predicted molar refractivity (Wildman–Crippen MR) is 131 cm³/mol. The molecule has 2 aromatic rings. The number of amides is 3. The highest BCUT2D eigenvalue weighted by atomic mass is 79.9. The first-order chi connectivity index (χ1) is 16.3. The number of carbonyl (C=O) groups excluding carboxylic acids is 3. The molecule has 1 heterocycles. The van der Waals surface area contributed by atoms with E-state index in [0.29, 0.717) is 18.5 Å². The van der Waals surface area contributed by atoms with Crippen molar-refractivity contribution in [2.45, 2.75) is 57.0 Å². The van der Waals surface area contributed by atoms with E-state index >= 15 is 0 Å². The van der Waals surface area contributed by atoms with Crippen LogP contribution in [-0.4, -0.2) is 39.6 Å². The van der Waals surface area contributed by atoms with Crippen LogP contribution in [0.15, 0.2) is 46.9 Å². The summed E-state index contributed by atoms with van der Waals surface area (Å²) < 4.78 is 0.812. The quantitative estimate of drug-likeness (QED) is 0.212. The molecule has 1 atom stereocenters. The van der Waals surface area contributed by atoms with Crippen LogP contribution in [0.1, 0.15) is 55.3 Å². The van der Waals surface area contributed by atoms with Gasteiger partial charge in [0.2, 0.25) is 5.91 Å². The lowest BCUT2D eigenvalue weighted by Gasteiger charge is -2.35. The summed E-state index contributed by atoms with van der Waals surface area (Å²) in [7, 11) is 0. The van der Waals surface area contributed by atoms with Gasteiger partial charge in [-0.25, -0.2) is 4.90 Å². The Morgan fingerprint density at radius 2 is 1.71 bits per heavy atom. The van der Waals surface area contributed by atoms with Crippen molar-refractivity contribution in [2.24, 2.45) is 0 Å². The molecule has 3 amide bonds. The maximum atomic E-state index is 13.7. The monoisotopic (exact) mass is 547 g/mol. The summed E-state index contributed by atoms with van der Waals surface area (Å²) in [6.45, 7) is 0. The average Bonchev–Trinajstić information content (AvgIpc) is 2.97. The summed E-state index contributed by atoms with van der Waals surface area (Å²) in [6, 6.07) is 9.49. The summed E-state index contributed by atoms with van der Waals surface area (Å²) in [6.07, 6.45) is 5.16. The molecule has 1 saturated heterocycles. The summed E-state index contributed by atoms with van der Waals surface area (Å²) in [5.74, 6) is -1.35. The molecular weight excluding hydrogens is 526 g/mol. The lowest BCUT2D eigenvalue weighted by Crippen LogP contribution is -2.50. The summed E-state index contributed by atoms with van der Waals surface area (Å²) >= 11 is 9.28. The maximum Gasteiger partial charge on any atom is 0.288 e. The van der Waals surface area contributed by atoms with E-state index < -0.39 is 22.8 Å². The van der Waals surface area contributed by atoms with Crippen LogP contribution in [0.2, 0.25) is 5.02 Å². The van der Waals surface area contributed by atoms with E-state index in [2.05, 4.69) is 15.9 Å². The SMILES string of the molecule is O=C1CC(N(C(=O)c2ccc(Cl)c([N+](=O)[O-])c2)C2CCCCCC2)C(=O)N1c1ccc(Br)cc1. The van der Waals surface area contributed by atoms with Gasteiger partial charge in [-0.2, -0.15) is 0 Å². The molecule has 1 aliphatic heterocycles. The second kappa shape index (κ2) is 10.2. The number of halogens is 2. The number of anilines is 1. The van der Waals surface area contributed by atoms with Crippen molar-refractivity contribution in [3.05, 3.63) is 67.6 Å². The molecule has 0 bridgehead atoms. The Morgan fingerprint density at radius 3 is 2.32 bits per heavy atom. The molecule has 4 rings (SSSR count). The zero-order valence-electron chi connectivity index (χ0n) is 18.3. The van der Waals surface area contributed by atoms with Gasteiger partial charge in [0.05, 0.1) is 17.0 Å². The lowest BCUT2D eigenvalue weighted by molar-refractivity contribution is -0.384. The first-order valence-electron chi connectivity index (χ1n) is 11.2. The molecule has 0 N–H and O–H groups in total. The van der Waals surface area contributed by atoms with Crippen molar-refractivity contribution in [3.8, 4) is 0 Å². The van der Waals surface area contributed by atoms with Gasteiger partial charge in [-0.05, 0) is 49.2 Å².